The third-order valence-electron chi connectivity index (χ3n) is 4.74. The van der Waals surface area contributed by atoms with Crippen molar-refractivity contribution in [2.45, 2.75) is 38.5 Å². The van der Waals surface area contributed by atoms with E-state index in [1.165, 1.54) is 17.3 Å². The van der Waals surface area contributed by atoms with Gasteiger partial charge in [-0.25, -0.2) is 0 Å². The number of anilines is 1. The molecule has 7 heteroatoms. The highest BCUT2D eigenvalue weighted by atomic mass is 32.2. The van der Waals surface area contributed by atoms with Crippen molar-refractivity contribution in [3.8, 4) is 5.75 Å². The Morgan fingerprint density at radius 1 is 1.17 bits per heavy atom. The number of ether oxygens (including phenoxy) is 1. The minimum atomic E-state index is 0.0494. The maximum Gasteiger partial charge on any atom is 0.277 e. The number of carbonyl (C=O) groups excluding carboxylic acids is 1. The summed E-state index contributed by atoms with van der Waals surface area (Å²) in [4.78, 5) is 14.6. The van der Waals surface area contributed by atoms with Crippen molar-refractivity contribution >= 4 is 23.4 Å². The van der Waals surface area contributed by atoms with Crippen molar-refractivity contribution in [1.29, 1.82) is 0 Å². The molecule has 1 aromatic heterocycles. The SMILES string of the molecule is Cc1cc(C)cc(OCc2nnc(SCC(=O)N3CCCc4ccccc43)o2)c1. The first-order chi connectivity index (χ1) is 14.1. The molecular weight excluding hydrogens is 386 g/mol. The molecule has 2 heterocycles. The molecular formula is C22H23N3O3S. The number of fused-ring (bicyclic) bond motifs is 1. The number of carbonyl (C=O) groups is 1. The summed E-state index contributed by atoms with van der Waals surface area (Å²) in [6.07, 6.45) is 1.99. The highest BCUT2D eigenvalue weighted by molar-refractivity contribution is 7.99. The van der Waals surface area contributed by atoms with E-state index >= 15 is 0 Å². The van der Waals surface area contributed by atoms with Gasteiger partial charge in [0.15, 0.2) is 6.61 Å². The average molecular weight is 410 g/mol. The van der Waals surface area contributed by atoms with Gasteiger partial charge in [0.05, 0.1) is 5.75 Å². The molecule has 0 atom stereocenters. The minimum Gasteiger partial charge on any atom is -0.484 e. The molecule has 6 nitrogen and oxygen atoms in total. The van der Waals surface area contributed by atoms with Crippen LogP contribution in [0.1, 0.15) is 29.0 Å². The Kier molecular flexibility index (Phi) is 5.85. The third kappa shape index (κ3) is 4.79. The Morgan fingerprint density at radius 2 is 1.97 bits per heavy atom. The monoisotopic (exact) mass is 409 g/mol. The predicted molar refractivity (Wildman–Crippen MR) is 112 cm³/mol. The van der Waals surface area contributed by atoms with Crippen LogP contribution in [-0.4, -0.2) is 28.4 Å². The number of aromatic nitrogens is 2. The molecule has 1 aliphatic rings. The van der Waals surface area contributed by atoms with Crippen LogP contribution in [0, 0.1) is 13.8 Å². The van der Waals surface area contributed by atoms with Crippen molar-refractivity contribution in [2.24, 2.45) is 0 Å². The Morgan fingerprint density at radius 3 is 2.79 bits per heavy atom. The van der Waals surface area contributed by atoms with Crippen LogP contribution < -0.4 is 9.64 Å². The second-order valence-electron chi connectivity index (χ2n) is 7.14. The van der Waals surface area contributed by atoms with E-state index in [4.69, 9.17) is 9.15 Å². The van der Waals surface area contributed by atoms with E-state index in [0.717, 1.165) is 42.0 Å². The van der Waals surface area contributed by atoms with Gasteiger partial charge < -0.3 is 14.1 Å². The third-order valence-corrected chi connectivity index (χ3v) is 5.54. The number of hydrogen-bond acceptors (Lipinski definition) is 6. The van der Waals surface area contributed by atoms with E-state index in [1.807, 2.05) is 49.1 Å². The first kappa shape index (κ1) is 19.5. The molecule has 3 aromatic rings. The molecule has 0 spiro atoms. The first-order valence-corrected chi connectivity index (χ1v) is 10.6. The first-order valence-electron chi connectivity index (χ1n) is 9.63. The standard InChI is InChI=1S/C22H23N3O3S/c1-15-10-16(2)12-18(11-15)27-13-20-23-24-22(28-20)29-14-21(26)25-9-5-7-17-6-3-4-8-19(17)25/h3-4,6,8,10-12H,5,7,9,13-14H2,1-2H3. The lowest BCUT2D eigenvalue weighted by atomic mass is 10.0. The van der Waals surface area contributed by atoms with Gasteiger partial charge in [0.2, 0.25) is 5.91 Å². The zero-order chi connectivity index (χ0) is 20.2. The normalized spacial score (nSPS) is 13.2. The molecule has 0 aliphatic carbocycles. The van der Waals surface area contributed by atoms with E-state index < -0.39 is 0 Å². The topological polar surface area (TPSA) is 68.5 Å². The summed E-state index contributed by atoms with van der Waals surface area (Å²) in [7, 11) is 0. The number of rotatable bonds is 6. The van der Waals surface area contributed by atoms with Crippen LogP contribution in [0.3, 0.4) is 0 Å². The average Bonchev–Trinajstić information content (AvgIpc) is 3.17. The van der Waals surface area contributed by atoms with E-state index in [2.05, 4.69) is 22.3 Å². The van der Waals surface area contributed by atoms with Crippen LogP contribution in [0.4, 0.5) is 5.69 Å². The van der Waals surface area contributed by atoms with Gasteiger partial charge >= 0.3 is 0 Å². The van der Waals surface area contributed by atoms with E-state index in [1.54, 1.807) is 0 Å². The van der Waals surface area contributed by atoms with Crippen LogP contribution in [0.2, 0.25) is 0 Å². The van der Waals surface area contributed by atoms with Gasteiger partial charge in [0.25, 0.3) is 11.1 Å². The quantitative estimate of drug-likeness (QED) is 0.564. The molecule has 0 bridgehead atoms. The molecule has 150 valence electrons. The second-order valence-corrected chi connectivity index (χ2v) is 8.07. The van der Waals surface area contributed by atoms with E-state index in [9.17, 15) is 4.79 Å². The van der Waals surface area contributed by atoms with Gasteiger partial charge in [-0.05, 0) is 61.6 Å². The Bertz CT molecular complexity index is 998. The lowest BCUT2D eigenvalue weighted by Crippen LogP contribution is -2.36. The van der Waals surface area contributed by atoms with Gasteiger partial charge in [0, 0.05) is 12.2 Å². The van der Waals surface area contributed by atoms with E-state index in [0.29, 0.717) is 11.1 Å². The van der Waals surface area contributed by atoms with Crippen LogP contribution in [-0.2, 0) is 17.8 Å². The lowest BCUT2D eigenvalue weighted by Gasteiger charge is -2.29. The van der Waals surface area contributed by atoms with Gasteiger partial charge in [0.1, 0.15) is 5.75 Å². The lowest BCUT2D eigenvalue weighted by molar-refractivity contribution is -0.116. The molecule has 0 saturated heterocycles. The molecule has 0 radical (unpaired) electrons. The Labute approximate surface area is 174 Å². The molecule has 1 aliphatic heterocycles. The summed E-state index contributed by atoms with van der Waals surface area (Å²) in [6.45, 7) is 5.00. The molecule has 4 rings (SSSR count). The van der Waals surface area contributed by atoms with Crippen molar-refractivity contribution in [3.63, 3.8) is 0 Å². The highest BCUT2D eigenvalue weighted by Gasteiger charge is 2.22. The smallest absolute Gasteiger partial charge is 0.277 e. The van der Waals surface area contributed by atoms with Crippen LogP contribution in [0.15, 0.2) is 52.1 Å². The molecule has 0 N–H and O–H groups in total. The van der Waals surface area contributed by atoms with Crippen molar-refractivity contribution < 1.29 is 13.9 Å². The fraction of sp³-hybridized carbons (Fsp3) is 0.318. The Balaban J connectivity index is 1.32. The molecule has 1 amide bonds. The highest BCUT2D eigenvalue weighted by Crippen LogP contribution is 2.28. The molecule has 2 aromatic carbocycles. The summed E-state index contributed by atoms with van der Waals surface area (Å²) in [5.74, 6) is 1.47. The number of hydrogen-bond donors (Lipinski definition) is 0. The summed E-state index contributed by atoms with van der Waals surface area (Å²) in [5.41, 5.74) is 4.51. The number of amides is 1. The second kappa shape index (κ2) is 8.69. The number of thioether (sulfide) groups is 1. The predicted octanol–water partition coefficient (Wildman–Crippen LogP) is 4.34. The van der Waals surface area contributed by atoms with Crippen LogP contribution in [0.5, 0.6) is 5.75 Å². The van der Waals surface area contributed by atoms with E-state index in [-0.39, 0.29) is 18.3 Å². The molecule has 29 heavy (non-hydrogen) atoms. The van der Waals surface area contributed by atoms with Crippen LogP contribution >= 0.6 is 11.8 Å². The van der Waals surface area contributed by atoms with Crippen LogP contribution in [0.25, 0.3) is 0 Å². The fourth-order valence-corrected chi connectivity index (χ4v) is 4.17. The molecule has 0 saturated carbocycles. The summed E-state index contributed by atoms with van der Waals surface area (Å²) >= 11 is 1.26. The minimum absolute atomic E-state index is 0.0494. The van der Waals surface area contributed by atoms with Gasteiger partial charge in [-0.1, -0.05) is 36.0 Å². The fourth-order valence-electron chi connectivity index (χ4n) is 3.51. The summed E-state index contributed by atoms with van der Waals surface area (Å²) in [5, 5.41) is 8.41. The number of para-hydroxylation sites is 1. The summed E-state index contributed by atoms with van der Waals surface area (Å²) < 4.78 is 11.4. The van der Waals surface area contributed by atoms with Crippen molar-refractivity contribution in [2.75, 3.05) is 17.2 Å². The number of nitrogens with zero attached hydrogens (tertiary/aromatic N) is 3. The Hall–Kier alpha value is -2.80. The molecule has 0 unspecified atom stereocenters. The number of aryl methyl sites for hydroxylation is 3. The zero-order valence-electron chi connectivity index (χ0n) is 16.6. The number of benzene rings is 2. The van der Waals surface area contributed by atoms with Gasteiger partial charge in [-0.2, -0.15) is 0 Å². The summed E-state index contributed by atoms with van der Waals surface area (Å²) in [6, 6.07) is 14.1. The van der Waals surface area contributed by atoms with Crippen molar-refractivity contribution in [1.82, 2.24) is 10.2 Å². The zero-order valence-corrected chi connectivity index (χ0v) is 17.4. The maximum absolute atomic E-state index is 12.7. The van der Waals surface area contributed by atoms with Gasteiger partial charge in [-0.15, -0.1) is 10.2 Å². The molecule has 0 fully saturated rings. The largest absolute Gasteiger partial charge is 0.484 e. The van der Waals surface area contributed by atoms with Crippen molar-refractivity contribution in [3.05, 3.63) is 65.0 Å². The van der Waals surface area contributed by atoms with Gasteiger partial charge in [-0.3, -0.25) is 4.79 Å². The maximum atomic E-state index is 12.7.